The number of sulfonamides is 1. The van der Waals surface area contributed by atoms with E-state index >= 15 is 0 Å². The average Bonchev–Trinajstić information content (AvgIpc) is 2.57. The van der Waals surface area contributed by atoms with Crippen molar-refractivity contribution in [2.45, 2.75) is 50.1 Å². The average molecular weight is 325 g/mol. The molecular formula is C15H24BNO4S. The predicted molar refractivity (Wildman–Crippen MR) is 87.1 cm³/mol. The second-order valence-electron chi connectivity index (χ2n) is 6.82. The number of nitrogens with zero attached hydrogens (tertiary/aromatic N) is 1. The van der Waals surface area contributed by atoms with Gasteiger partial charge in [0.25, 0.3) is 0 Å². The van der Waals surface area contributed by atoms with Crippen LogP contribution in [-0.2, 0) is 25.7 Å². The molecule has 1 aliphatic heterocycles. The third kappa shape index (κ3) is 3.22. The van der Waals surface area contributed by atoms with Crippen LogP contribution in [0.25, 0.3) is 0 Å². The number of hydrogen-bond acceptors (Lipinski definition) is 4. The van der Waals surface area contributed by atoms with Crippen LogP contribution in [0.5, 0.6) is 0 Å². The zero-order valence-corrected chi connectivity index (χ0v) is 14.9. The van der Waals surface area contributed by atoms with Gasteiger partial charge in [0.15, 0.2) is 0 Å². The van der Waals surface area contributed by atoms with Crippen LogP contribution in [0, 0.1) is 0 Å². The molecule has 0 bridgehead atoms. The lowest BCUT2D eigenvalue weighted by Gasteiger charge is -2.32. The van der Waals surface area contributed by atoms with Crippen molar-refractivity contribution >= 4 is 17.1 Å². The third-order valence-corrected chi connectivity index (χ3v) is 6.24. The smallest absolute Gasteiger partial charge is 0.403 e. The predicted octanol–water partition coefficient (Wildman–Crippen LogP) is 2.11. The first-order valence-corrected chi connectivity index (χ1v) is 8.77. The molecule has 22 heavy (non-hydrogen) atoms. The standard InChI is InChI=1S/C15H24BNO4S/c1-14(2)15(3,4)21-16(20-14)11-12-7-9-13(10-8-12)22(18,19)17(5)6/h7-10H,11H2,1-6H3. The zero-order chi connectivity index (χ0) is 16.8. The van der Waals surface area contributed by atoms with Gasteiger partial charge in [0, 0.05) is 20.4 Å². The zero-order valence-electron chi connectivity index (χ0n) is 14.1. The molecule has 0 spiro atoms. The van der Waals surface area contributed by atoms with Crippen LogP contribution in [0.1, 0.15) is 33.3 Å². The summed E-state index contributed by atoms with van der Waals surface area (Å²) in [7, 11) is -0.663. The molecule has 1 aromatic rings. The highest BCUT2D eigenvalue weighted by molar-refractivity contribution is 7.89. The van der Waals surface area contributed by atoms with Gasteiger partial charge in [0.1, 0.15) is 0 Å². The fourth-order valence-corrected chi connectivity index (χ4v) is 3.15. The number of rotatable bonds is 4. The van der Waals surface area contributed by atoms with Gasteiger partial charge in [-0.1, -0.05) is 12.1 Å². The van der Waals surface area contributed by atoms with Crippen LogP contribution in [0.15, 0.2) is 29.2 Å². The molecular weight excluding hydrogens is 301 g/mol. The van der Waals surface area contributed by atoms with Crippen molar-refractivity contribution < 1.29 is 17.7 Å². The summed E-state index contributed by atoms with van der Waals surface area (Å²) in [4.78, 5) is 0.287. The molecule has 122 valence electrons. The highest BCUT2D eigenvalue weighted by Gasteiger charge is 2.50. The van der Waals surface area contributed by atoms with Gasteiger partial charge < -0.3 is 9.31 Å². The third-order valence-electron chi connectivity index (χ3n) is 4.41. The van der Waals surface area contributed by atoms with Gasteiger partial charge in [0.2, 0.25) is 10.0 Å². The van der Waals surface area contributed by atoms with Gasteiger partial charge in [-0.15, -0.1) is 0 Å². The Kier molecular flexibility index (Phi) is 4.47. The van der Waals surface area contributed by atoms with Crippen molar-refractivity contribution in [3.05, 3.63) is 29.8 Å². The monoisotopic (exact) mass is 325 g/mol. The summed E-state index contributed by atoms with van der Waals surface area (Å²) >= 11 is 0. The number of hydrogen-bond donors (Lipinski definition) is 0. The van der Waals surface area contributed by atoms with Crippen molar-refractivity contribution in [3.63, 3.8) is 0 Å². The minimum Gasteiger partial charge on any atom is -0.403 e. The Labute approximate surface area is 133 Å². The molecule has 0 aliphatic carbocycles. The normalized spacial score (nSPS) is 20.6. The van der Waals surface area contributed by atoms with Gasteiger partial charge in [-0.2, -0.15) is 0 Å². The van der Waals surface area contributed by atoms with Gasteiger partial charge in [-0.25, -0.2) is 12.7 Å². The van der Waals surface area contributed by atoms with Crippen molar-refractivity contribution in [1.82, 2.24) is 4.31 Å². The first kappa shape index (κ1) is 17.5. The van der Waals surface area contributed by atoms with E-state index in [1.807, 2.05) is 27.7 Å². The molecule has 1 fully saturated rings. The molecule has 0 N–H and O–H groups in total. The molecule has 1 aliphatic rings. The van der Waals surface area contributed by atoms with Gasteiger partial charge in [-0.05, 0) is 45.4 Å². The number of benzene rings is 1. The Morgan fingerprint density at radius 1 is 1.00 bits per heavy atom. The summed E-state index contributed by atoms with van der Waals surface area (Å²) in [5.41, 5.74) is 0.272. The summed E-state index contributed by atoms with van der Waals surface area (Å²) in [6, 6.07) is 6.86. The summed E-state index contributed by atoms with van der Waals surface area (Å²) in [5.74, 6) is 0. The molecule has 1 saturated heterocycles. The van der Waals surface area contributed by atoms with E-state index in [0.29, 0.717) is 6.32 Å². The highest BCUT2D eigenvalue weighted by atomic mass is 32.2. The molecule has 0 amide bonds. The van der Waals surface area contributed by atoms with E-state index in [-0.39, 0.29) is 23.2 Å². The van der Waals surface area contributed by atoms with Crippen molar-refractivity contribution in [1.29, 1.82) is 0 Å². The maximum Gasteiger partial charge on any atom is 0.462 e. The molecule has 0 aromatic heterocycles. The quantitative estimate of drug-likeness (QED) is 0.796. The maximum absolute atomic E-state index is 12.0. The summed E-state index contributed by atoms with van der Waals surface area (Å²) in [6.07, 6.45) is 0.592. The van der Waals surface area contributed by atoms with Crippen LogP contribution in [0.2, 0.25) is 0 Å². The second-order valence-corrected chi connectivity index (χ2v) is 8.97. The molecule has 0 unspecified atom stereocenters. The second kappa shape index (κ2) is 5.63. The fourth-order valence-electron chi connectivity index (χ4n) is 2.25. The van der Waals surface area contributed by atoms with Crippen molar-refractivity contribution in [2.24, 2.45) is 0 Å². The van der Waals surface area contributed by atoms with Crippen LogP contribution in [-0.4, -0.2) is 45.1 Å². The van der Waals surface area contributed by atoms with Gasteiger partial charge >= 0.3 is 7.12 Å². The van der Waals surface area contributed by atoms with E-state index in [1.165, 1.54) is 18.4 Å². The van der Waals surface area contributed by atoms with E-state index in [1.54, 1.807) is 24.3 Å². The minimum atomic E-state index is -3.39. The van der Waals surface area contributed by atoms with Crippen molar-refractivity contribution in [2.75, 3.05) is 14.1 Å². The van der Waals surface area contributed by atoms with E-state index < -0.39 is 10.0 Å². The van der Waals surface area contributed by atoms with Crippen LogP contribution in [0.4, 0.5) is 0 Å². The summed E-state index contributed by atoms with van der Waals surface area (Å²) in [6.45, 7) is 8.05. The van der Waals surface area contributed by atoms with Crippen molar-refractivity contribution in [3.8, 4) is 0 Å². The Bertz CT molecular complexity index is 622. The Morgan fingerprint density at radius 2 is 1.45 bits per heavy atom. The van der Waals surface area contributed by atoms with Crippen LogP contribution >= 0.6 is 0 Å². The van der Waals surface area contributed by atoms with E-state index in [4.69, 9.17) is 9.31 Å². The molecule has 0 atom stereocenters. The molecule has 2 rings (SSSR count). The summed E-state index contributed by atoms with van der Waals surface area (Å²) < 4.78 is 37.2. The highest BCUT2D eigenvalue weighted by Crippen LogP contribution is 2.37. The first-order valence-electron chi connectivity index (χ1n) is 7.33. The molecule has 7 heteroatoms. The van der Waals surface area contributed by atoms with E-state index in [2.05, 4.69) is 0 Å². The Hall–Kier alpha value is -0.885. The first-order chi connectivity index (χ1) is 9.96. The minimum absolute atomic E-state index is 0.287. The molecule has 1 aromatic carbocycles. The van der Waals surface area contributed by atoms with Crippen LogP contribution < -0.4 is 0 Å². The van der Waals surface area contributed by atoms with Gasteiger partial charge in [-0.3, -0.25) is 0 Å². The lowest BCUT2D eigenvalue weighted by Crippen LogP contribution is -2.41. The largest absolute Gasteiger partial charge is 0.462 e. The Balaban J connectivity index is 2.11. The summed E-state index contributed by atoms with van der Waals surface area (Å²) in [5, 5.41) is 0. The lowest BCUT2D eigenvalue weighted by atomic mass is 9.81. The SMILES string of the molecule is CN(C)S(=O)(=O)c1ccc(CB2OC(C)(C)C(C)(C)O2)cc1. The van der Waals surface area contributed by atoms with E-state index in [9.17, 15) is 8.42 Å². The van der Waals surface area contributed by atoms with Gasteiger partial charge in [0.05, 0.1) is 16.1 Å². The lowest BCUT2D eigenvalue weighted by molar-refractivity contribution is 0.00578. The molecule has 5 nitrogen and oxygen atoms in total. The molecule has 0 saturated carbocycles. The topological polar surface area (TPSA) is 55.8 Å². The fraction of sp³-hybridized carbons (Fsp3) is 0.600. The maximum atomic E-state index is 12.0. The molecule has 1 heterocycles. The van der Waals surface area contributed by atoms with Crippen LogP contribution in [0.3, 0.4) is 0 Å². The Morgan fingerprint density at radius 3 is 1.86 bits per heavy atom. The van der Waals surface area contributed by atoms with E-state index in [0.717, 1.165) is 5.56 Å². The molecule has 0 radical (unpaired) electrons.